The lowest BCUT2D eigenvalue weighted by Crippen LogP contribution is -2.11. The third-order valence-electron chi connectivity index (χ3n) is 5.06. The van der Waals surface area contributed by atoms with Gasteiger partial charge in [-0.2, -0.15) is 0 Å². The summed E-state index contributed by atoms with van der Waals surface area (Å²) in [5, 5.41) is 3.34. The molecule has 5 rings (SSSR count). The van der Waals surface area contributed by atoms with Crippen molar-refractivity contribution >= 4 is 33.3 Å². The number of aryl methyl sites for hydroxylation is 1. The number of thiophene rings is 1. The summed E-state index contributed by atoms with van der Waals surface area (Å²) in [5.41, 5.74) is 4.18. The molecule has 5 aromatic rings. The lowest BCUT2D eigenvalue weighted by molar-refractivity contribution is 0.583. The van der Waals surface area contributed by atoms with Crippen molar-refractivity contribution in [3.8, 4) is 17.0 Å². The summed E-state index contributed by atoms with van der Waals surface area (Å²) in [6, 6.07) is 9.89. The van der Waals surface area contributed by atoms with Gasteiger partial charge >= 0.3 is 0 Å². The molecule has 0 amide bonds. The number of H-pyrrole nitrogens is 1. The molecule has 0 radical (unpaired) electrons. The van der Waals surface area contributed by atoms with E-state index in [9.17, 15) is 4.79 Å². The maximum atomic E-state index is 12.7. The number of benzene rings is 1. The van der Waals surface area contributed by atoms with Crippen LogP contribution in [-0.4, -0.2) is 19.5 Å². The van der Waals surface area contributed by atoms with Gasteiger partial charge in [0.15, 0.2) is 5.16 Å². The number of hydrogen-bond acceptors (Lipinski definition) is 6. The molecule has 0 saturated carbocycles. The number of nitrogens with one attached hydrogen (secondary N) is 1. The summed E-state index contributed by atoms with van der Waals surface area (Å²) >= 11 is 2.99. The van der Waals surface area contributed by atoms with Crippen LogP contribution in [0.15, 0.2) is 68.7 Å². The Morgan fingerprint density at radius 1 is 1.23 bits per heavy atom. The Morgan fingerprint density at radius 3 is 2.97 bits per heavy atom. The SMILES string of the molecule is Cc1cccc(-n2ccnc2SCc2nc3scc(-c4ccco4)c3c(=O)[nH]2)c1C. The highest BCUT2D eigenvalue weighted by Gasteiger charge is 2.15. The topological polar surface area (TPSA) is 76.7 Å². The second-order valence-electron chi connectivity index (χ2n) is 6.91. The van der Waals surface area contributed by atoms with Crippen LogP contribution in [0.1, 0.15) is 17.0 Å². The lowest BCUT2D eigenvalue weighted by atomic mass is 10.1. The minimum atomic E-state index is -0.152. The van der Waals surface area contributed by atoms with Gasteiger partial charge < -0.3 is 9.40 Å². The van der Waals surface area contributed by atoms with Crippen molar-refractivity contribution in [1.82, 2.24) is 19.5 Å². The maximum absolute atomic E-state index is 12.7. The number of aromatic amines is 1. The molecule has 0 bridgehead atoms. The van der Waals surface area contributed by atoms with Crippen molar-refractivity contribution in [2.45, 2.75) is 24.8 Å². The molecule has 0 saturated heterocycles. The van der Waals surface area contributed by atoms with Crippen LogP contribution in [0.4, 0.5) is 0 Å². The number of rotatable bonds is 5. The van der Waals surface area contributed by atoms with E-state index in [2.05, 4.69) is 45.5 Å². The van der Waals surface area contributed by atoms with E-state index in [1.54, 1.807) is 24.2 Å². The zero-order chi connectivity index (χ0) is 20.7. The molecule has 0 spiro atoms. The van der Waals surface area contributed by atoms with E-state index in [1.165, 1.54) is 22.5 Å². The Bertz CT molecular complexity index is 1400. The number of fused-ring (bicyclic) bond motifs is 1. The molecule has 1 aromatic carbocycles. The number of hydrogen-bond donors (Lipinski definition) is 1. The van der Waals surface area contributed by atoms with Crippen LogP contribution in [-0.2, 0) is 5.75 Å². The Kier molecular flexibility index (Phi) is 4.80. The van der Waals surface area contributed by atoms with E-state index in [4.69, 9.17) is 4.42 Å². The maximum Gasteiger partial charge on any atom is 0.260 e. The van der Waals surface area contributed by atoms with Gasteiger partial charge in [-0.15, -0.1) is 11.3 Å². The van der Waals surface area contributed by atoms with Crippen molar-refractivity contribution in [1.29, 1.82) is 0 Å². The fourth-order valence-corrected chi connectivity index (χ4v) is 5.17. The molecule has 6 nitrogen and oxygen atoms in total. The summed E-state index contributed by atoms with van der Waals surface area (Å²) in [4.78, 5) is 25.5. The van der Waals surface area contributed by atoms with Gasteiger partial charge in [-0.05, 0) is 43.2 Å². The van der Waals surface area contributed by atoms with E-state index < -0.39 is 0 Å². The zero-order valence-electron chi connectivity index (χ0n) is 16.4. The Labute approximate surface area is 180 Å². The average molecular weight is 435 g/mol. The first kappa shape index (κ1) is 18.9. The van der Waals surface area contributed by atoms with Crippen molar-refractivity contribution in [3.05, 3.63) is 81.7 Å². The van der Waals surface area contributed by atoms with Crippen molar-refractivity contribution in [2.24, 2.45) is 0 Å². The van der Waals surface area contributed by atoms with E-state index in [0.717, 1.165) is 16.4 Å². The van der Waals surface area contributed by atoms with Gasteiger partial charge in [0.1, 0.15) is 16.4 Å². The second kappa shape index (κ2) is 7.62. The first-order chi connectivity index (χ1) is 14.6. The molecule has 4 aromatic heterocycles. The third-order valence-corrected chi connectivity index (χ3v) is 6.91. The largest absolute Gasteiger partial charge is 0.464 e. The molecule has 30 heavy (non-hydrogen) atoms. The highest BCUT2D eigenvalue weighted by atomic mass is 32.2. The van der Waals surface area contributed by atoms with Crippen LogP contribution in [0.3, 0.4) is 0 Å². The fourth-order valence-electron chi connectivity index (χ4n) is 3.38. The van der Waals surface area contributed by atoms with Crippen LogP contribution in [0.2, 0.25) is 0 Å². The summed E-state index contributed by atoms with van der Waals surface area (Å²) < 4.78 is 7.53. The van der Waals surface area contributed by atoms with E-state index in [-0.39, 0.29) is 5.56 Å². The Balaban J connectivity index is 1.44. The molecular formula is C22H18N4O2S2. The van der Waals surface area contributed by atoms with Crippen LogP contribution in [0, 0.1) is 13.8 Å². The first-order valence-electron chi connectivity index (χ1n) is 9.39. The third kappa shape index (κ3) is 3.28. The van der Waals surface area contributed by atoms with Gasteiger partial charge in [-0.1, -0.05) is 23.9 Å². The van der Waals surface area contributed by atoms with Crippen LogP contribution >= 0.6 is 23.1 Å². The molecule has 4 heterocycles. The van der Waals surface area contributed by atoms with Crippen LogP contribution in [0.25, 0.3) is 27.2 Å². The highest BCUT2D eigenvalue weighted by Crippen LogP contribution is 2.31. The molecule has 0 atom stereocenters. The van der Waals surface area contributed by atoms with E-state index in [1.807, 2.05) is 29.8 Å². The summed E-state index contributed by atoms with van der Waals surface area (Å²) in [6.07, 6.45) is 5.35. The number of thioether (sulfide) groups is 1. The van der Waals surface area contributed by atoms with E-state index in [0.29, 0.717) is 27.6 Å². The van der Waals surface area contributed by atoms with Crippen molar-refractivity contribution < 1.29 is 4.42 Å². The summed E-state index contributed by atoms with van der Waals surface area (Å²) in [5.74, 6) is 1.81. The number of aromatic nitrogens is 4. The minimum Gasteiger partial charge on any atom is -0.464 e. The van der Waals surface area contributed by atoms with Gasteiger partial charge in [0.2, 0.25) is 0 Å². The average Bonchev–Trinajstić information content (AvgIpc) is 3.48. The molecule has 0 aliphatic heterocycles. The molecule has 8 heteroatoms. The van der Waals surface area contributed by atoms with Crippen molar-refractivity contribution in [3.63, 3.8) is 0 Å². The number of nitrogens with zero attached hydrogens (tertiary/aromatic N) is 3. The highest BCUT2D eigenvalue weighted by molar-refractivity contribution is 7.98. The molecule has 0 aliphatic rings. The molecule has 0 aliphatic carbocycles. The standard InChI is InChI=1S/C22H18N4O2S2/c1-13-5-3-6-16(14(13)2)26-9-8-23-22(26)30-12-18-24-20(27)19-15(11-29-21(19)25-18)17-7-4-10-28-17/h3-11H,12H2,1-2H3,(H,24,25,27). The summed E-state index contributed by atoms with van der Waals surface area (Å²) in [6.45, 7) is 4.21. The minimum absolute atomic E-state index is 0.152. The van der Waals surface area contributed by atoms with Gasteiger partial charge in [0.05, 0.1) is 23.1 Å². The monoisotopic (exact) mass is 434 g/mol. The van der Waals surface area contributed by atoms with Crippen LogP contribution < -0.4 is 5.56 Å². The second-order valence-corrected chi connectivity index (χ2v) is 8.71. The predicted octanol–water partition coefficient (Wildman–Crippen LogP) is 5.34. The smallest absolute Gasteiger partial charge is 0.260 e. The number of furan rings is 1. The van der Waals surface area contributed by atoms with Gasteiger partial charge in [-0.3, -0.25) is 9.36 Å². The number of imidazole rings is 1. The van der Waals surface area contributed by atoms with Crippen LogP contribution in [0.5, 0.6) is 0 Å². The first-order valence-corrected chi connectivity index (χ1v) is 11.3. The molecule has 1 N–H and O–H groups in total. The molecule has 0 fully saturated rings. The summed E-state index contributed by atoms with van der Waals surface area (Å²) in [7, 11) is 0. The molecule has 0 unspecified atom stereocenters. The predicted molar refractivity (Wildman–Crippen MR) is 121 cm³/mol. The molecule has 150 valence electrons. The van der Waals surface area contributed by atoms with Gasteiger partial charge in [0.25, 0.3) is 5.56 Å². The fraction of sp³-hybridized carbons (Fsp3) is 0.136. The van der Waals surface area contributed by atoms with Gasteiger partial charge in [-0.25, -0.2) is 9.97 Å². The Hall–Kier alpha value is -3.10. The van der Waals surface area contributed by atoms with E-state index >= 15 is 0 Å². The zero-order valence-corrected chi connectivity index (χ0v) is 18.0. The quantitative estimate of drug-likeness (QED) is 0.378. The lowest BCUT2D eigenvalue weighted by Gasteiger charge is -2.12. The van der Waals surface area contributed by atoms with Gasteiger partial charge in [0, 0.05) is 23.3 Å². The normalized spacial score (nSPS) is 11.4. The van der Waals surface area contributed by atoms with Crippen molar-refractivity contribution in [2.75, 3.05) is 0 Å². The molecular weight excluding hydrogens is 416 g/mol. The Morgan fingerprint density at radius 2 is 2.13 bits per heavy atom.